The fourth-order valence-electron chi connectivity index (χ4n) is 1.61. The molecule has 0 spiro atoms. The number of aromatic nitrogens is 2. The molecule has 1 heterocycles. The first-order valence-corrected chi connectivity index (χ1v) is 6.19. The van der Waals surface area contributed by atoms with Gasteiger partial charge in [0.15, 0.2) is 0 Å². The summed E-state index contributed by atoms with van der Waals surface area (Å²) in [6.07, 6.45) is 2.71. The summed E-state index contributed by atoms with van der Waals surface area (Å²) < 4.78 is 0. The lowest BCUT2D eigenvalue weighted by Crippen LogP contribution is -2.29. The van der Waals surface area contributed by atoms with E-state index in [1.54, 1.807) is 0 Å². The summed E-state index contributed by atoms with van der Waals surface area (Å²) in [7, 11) is 0. The van der Waals surface area contributed by atoms with Gasteiger partial charge in [-0.25, -0.2) is 9.97 Å². The summed E-state index contributed by atoms with van der Waals surface area (Å²) in [5, 5.41) is 0.549. The predicted octanol–water partition coefficient (Wildman–Crippen LogP) is 3.31. The first kappa shape index (κ1) is 13.2. The molecule has 0 radical (unpaired) electrons. The fraction of sp³-hybridized carbons (Fsp3) is 0.667. The summed E-state index contributed by atoms with van der Waals surface area (Å²) in [6, 6.07) is 0. The highest BCUT2D eigenvalue weighted by atomic mass is 35.5. The van der Waals surface area contributed by atoms with Crippen LogP contribution >= 0.6 is 11.6 Å². The van der Waals surface area contributed by atoms with E-state index in [-0.39, 0.29) is 0 Å². The van der Waals surface area contributed by atoms with Gasteiger partial charge in [-0.2, -0.15) is 0 Å². The van der Waals surface area contributed by atoms with Crippen molar-refractivity contribution < 1.29 is 0 Å². The molecule has 0 N–H and O–H groups in total. The van der Waals surface area contributed by atoms with E-state index in [2.05, 4.69) is 35.6 Å². The normalized spacial score (nSPS) is 12.6. The number of hydrogen-bond donors (Lipinski definition) is 0. The zero-order valence-electron chi connectivity index (χ0n) is 10.5. The molecule has 0 amide bonds. The van der Waals surface area contributed by atoms with Crippen LogP contribution in [0.1, 0.15) is 32.8 Å². The third-order valence-electron chi connectivity index (χ3n) is 2.91. The zero-order chi connectivity index (χ0) is 12.1. The van der Waals surface area contributed by atoms with Crippen molar-refractivity contribution in [3.05, 3.63) is 17.0 Å². The molecule has 0 aliphatic rings. The van der Waals surface area contributed by atoms with E-state index >= 15 is 0 Å². The Morgan fingerprint density at radius 3 is 2.62 bits per heavy atom. The number of anilines is 1. The molecule has 0 aliphatic carbocycles. The average Bonchev–Trinajstić information content (AvgIpc) is 2.29. The second kappa shape index (κ2) is 6.04. The molecule has 4 heteroatoms. The van der Waals surface area contributed by atoms with Gasteiger partial charge in [-0.3, -0.25) is 0 Å². The minimum absolute atomic E-state index is 0.549. The molecule has 0 bridgehead atoms. The maximum atomic E-state index is 6.01. The molecule has 0 fully saturated rings. The molecule has 90 valence electrons. The minimum Gasteiger partial charge on any atom is -0.356 e. The monoisotopic (exact) mass is 241 g/mol. The lowest BCUT2D eigenvalue weighted by molar-refractivity contribution is 0.544. The Morgan fingerprint density at radius 1 is 1.38 bits per heavy atom. The molecule has 1 rings (SSSR count). The second-order valence-electron chi connectivity index (χ2n) is 4.17. The first-order valence-electron chi connectivity index (χ1n) is 5.82. The van der Waals surface area contributed by atoms with Crippen molar-refractivity contribution in [3.63, 3.8) is 0 Å². The van der Waals surface area contributed by atoms with E-state index in [4.69, 9.17) is 11.6 Å². The van der Waals surface area contributed by atoms with Crippen molar-refractivity contribution in [1.82, 2.24) is 9.97 Å². The number of halogens is 1. The highest BCUT2D eigenvalue weighted by Crippen LogP contribution is 2.22. The molecule has 0 aromatic carbocycles. The van der Waals surface area contributed by atoms with E-state index in [0.29, 0.717) is 11.1 Å². The lowest BCUT2D eigenvalue weighted by atomic mass is 10.1. The van der Waals surface area contributed by atoms with Gasteiger partial charge < -0.3 is 4.90 Å². The van der Waals surface area contributed by atoms with Crippen molar-refractivity contribution in [2.24, 2.45) is 5.92 Å². The topological polar surface area (TPSA) is 29.0 Å². The number of nitrogens with zero attached hydrogens (tertiary/aromatic N) is 3. The van der Waals surface area contributed by atoms with Crippen LogP contribution in [-0.4, -0.2) is 23.1 Å². The highest BCUT2D eigenvalue weighted by Gasteiger charge is 2.13. The van der Waals surface area contributed by atoms with Gasteiger partial charge in [0.25, 0.3) is 0 Å². The molecule has 0 saturated carbocycles. The Balaban J connectivity index is 2.90. The van der Waals surface area contributed by atoms with E-state index in [0.717, 1.165) is 24.5 Å². The van der Waals surface area contributed by atoms with Gasteiger partial charge in [-0.1, -0.05) is 31.9 Å². The molecular weight excluding hydrogens is 222 g/mol. The Labute approximate surface area is 103 Å². The number of rotatable bonds is 5. The summed E-state index contributed by atoms with van der Waals surface area (Å²) in [5.74, 6) is 1.62. The minimum atomic E-state index is 0.549. The van der Waals surface area contributed by atoms with Gasteiger partial charge >= 0.3 is 0 Å². The van der Waals surface area contributed by atoms with E-state index < -0.39 is 0 Å². The largest absolute Gasteiger partial charge is 0.356 e. The van der Waals surface area contributed by atoms with Crippen LogP contribution in [0, 0.1) is 12.8 Å². The molecule has 16 heavy (non-hydrogen) atoms. The summed E-state index contributed by atoms with van der Waals surface area (Å²) >= 11 is 6.01. The van der Waals surface area contributed by atoms with Gasteiger partial charge in [0, 0.05) is 18.7 Å². The Morgan fingerprint density at radius 2 is 2.06 bits per heavy atom. The van der Waals surface area contributed by atoms with Crippen molar-refractivity contribution in [2.45, 2.75) is 34.1 Å². The Bertz CT molecular complexity index is 341. The van der Waals surface area contributed by atoms with Gasteiger partial charge in [0.2, 0.25) is 0 Å². The van der Waals surface area contributed by atoms with Crippen molar-refractivity contribution in [1.29, 1.82) is 0 Å². The molecule has 1 aromatic heterocycles. The Kier molecular flexibility index (Phi) is 5.00. The van der Waals surface area contributed by atoms with Crippen molar-refractivity contribution in [2.75, 3.05) is 18.0 Å². The van der Waals surface area contributed by atoms with Crippen LogP contribution in [0.15, 0.2) is 6.33 Å². The molecule has 1 aromatic rings. The van der Waals surface area contributed by atoms with Gasteiger partial charge in [0.05, 0.1) is 0 Å². The predicted molar refractivity (Wildman–Crippen MR) is 69.1 cm³/mol. The standard InChI is InChI=1S/C12H20ClN3/c1-5-9(3)7-16(6-2)12-10(4)11(13)14-8-15-12/h8-9H,5-7H2,1-4H3. The first-order chi connectivity index (χ1) is 7.60. The van der Waals surface area contributed by atoms with E-state index in [1.165, 1.54) is 12.7 Å². The van der Waals surface area contributed by atoms with Gasteiger partial charge in [0.1, 0.15) is 17.3 Å². The molecule has 0 aliphatic heterocycles. The molecule has 0 saturated heterocycles. The van der Waals surface area contributed by atoms with Gasteiger partial charge in [-0.15, -0.1) is 0 Å². The van der Waals surface area contributed by atoms with Crippen LogP contribution < -0.4 is 4.90 Å². The van der Waals surface area contributed by atoms with Crippen LogP contribution in [0.25, 0.3) is 0 Å². The van der Waals surface area contributed by atoms with Crippen LogP contribution in [0.5, 0.6) is 0 Å². The lowest BCUT2D eigenvalue weighted by Gasteiger charge is -2.26. The van der Waals surface area contributed by atoms with Crippen LogP contribution in [0.3, 0.4) is 0 Å². The third kappa shape index (κ3) is 3.08. The summed E-state index contributed by atoms with van der Waals surface area (Å²) in [6.45, 7) is 10.5. The highest BCUT2D eigenvalue weighted by molar-refractivity contribution is 6.30. The maximum Gasteiger partial charge on any atom is 0.137 e. The Hall–Kier alpha value is -0.830. The summed E-state index contributed by atoms with van der Waals surface area (Å²) in [4.78, 5) is 10.6. The van der Waals surface area contributed by atoms with Crippen LogP contribution in [0.2, 0.25) is 5.15 Å². The quantitative estimate of drug-likeness (QED) is 0.741. The summed E-state index contributed by atoms with van der Waals surface area (Å²) in [5.41, 5.74) is 0.967. The molecular formula is C12H20ClN3. The van der Waals surface area contributed by atoms with Crippen molar-refractivity contribution >= 4 is 17.4 Å². The molecule has 3 nitrogen and oxygen atoms in total. The molecule has 1 atom stereocenters. The smallest absolute Gasteiger partial charge is 0.137 e. The second-order valence-corrected chi connectivity index (χ2v) is 4.52. The van der Waals surface area contributed by atoms with Crippen LogP contribution in [-0.2, 0) is 0 Å². The fourth-order valence-corrected chi connectivity index (χ4v) is 1.74. The van der Waals surface area contributed by atoms with Gasteiger partial charge in [-0.05, 0) is 19.8 Å². The third-order valence-corrected chi connectivity index (χ3v) is 3.29. The van der Waals surface area contributed by atoms with Crippen LogP contribution in [0.4, 0.5) is 5.82 Å². The SMILES string of the molecule is CCC(C)CN(CC)c1ncnc(Cl)c1C. The number of hydrogen-bond acceptors (Lipinski definition) is 3. The van der Waals surface area contributed by atoms with Crippen molar-refractivity contribution in [3.8, 4) is 0 Å². The van der Waals surface area contributed by atoms with E-state index in [1.807, 2.05) is 6.92 Å². The molecule has 1 unspecified atom stereocenters. The zero-order valence-corrected chi connectivity index (χ0v) is 11.3. The maximum absolute atomic E-state index is 6.01. The van der Waals surface area contributed by atoms with E-state index in [9.17, 15) is 0 Å². The average molecular weight is 242 g/mol.